The molecular weight excluding hydrogens is 291 g/mol. The average molecular weight is 305 g/mol. The third-order valence-electron chi connectivity index (χ3n) is 2.76. The molecule has 0 heterocycles. The molecular formula is C13H14F3NO4. The summed E-state index contributed by atoms with van der Waals surface area (Å²) in [6.07, 6.45) is -4.44. The Morgan fingerprint density at radius 1 is 1.29 bits per heavy atom. The molecule has 1 rings (SSSR count). The van der Waals surface area contributed by atoms with Crippen LogP contribution in [0, 0.1) is 0 Å². The van der Waals surface area contributed by atoms with Crippen LogP contribution in [0.2, 0.25) is 0 Å². The number of hydrogen-bond donors (Lipinski definition) is 1. The van der Waals surface area contributed by atoms with E-state index in [0.29, 0.717) is 0 Å². The van der Waals surface area contributed by atoms with Crippen molar-refractivity contribution in [2.75, 3.05) is 13.7 Å². The fraction of sp³-hybridized carbons (Fsp3) is 0.385. The van der Waals surface area contributed by atoms with E-state index < -0.39 is 30.7 Å². The molecule has 21 heavy (non-hydrogen) atoms. The second kappa shape index (κ2) is 6.47. The molecule has 0 saturated carbocycles. The van der Waals surface area contributed by atoms with Crippen LogP contribution < -0.4 is 4.74 Å². The number of ether oxygens (including phenoxy) is 1. The van der Waals surface area contributed by atoms with Crippen LogP contribution in [-0.2, 0) is 4.79 Å². The van der Waals surface area contributed by atoms with Gasteiger partial charge in [-0.2, -0.15) is 13.2 Å². The molecule has 1 unspecified atom stereocenters. The first-order valence-electron chi connectivity index (χ1n) is 5.91. The molecule has 0 aliphatic heterocycles. The second-order valence-corrected chi connectivity index (χ2v) is 4.36. The fourth-order valence-electron chi connectivity index (χ4n) is 1.40. The van der Waals surface area contributed by atoms with Crippen LogP contribution in [0.25, 0.3) is 0 Å². The molecule has 0 fully saturated rings. The minimum Gasteiger partial charge on any atom is -0.484 e. The summed E-state index contributed by atoms with van der Waals surface area (Å²) in [5.41, 5.74) is 0.157. The lowest BCUT2D eigenvalue weighted by Crippen LogP contribution is -2.40. The van der Waals surface area contributed by atoms with Crippen molar-refractivity contribution in [2.24, 2.45) is 0 Å². The Balaban J connectivity index is 2.73. The van der Waals surface area contributed by atoms with Crippen molar-refractivity contribution in [1.82, 2.24) is 4.90 Å². The smallest absolute Gasteiger partial charge is 0.422 e. The van der Waals surface area contributed by atoms with Crippen molar-refractivity contribution in [1.29, 1.82) is 0 Å². The highest BCUT2D eigenvalue weighted by atomic mass is 19.4. The molecule has 0 aromatic heterocycles. The van der Waals surface area contributed by atoms with Crippen LogP contribution in [0.15, 0.2) is 24.3 Å². The third-order valence-corrected chi connectivity index (χ3v) is 2.76. The summed E-state index contributed by atoms with van der Waals surface area (Å²) in [7, 11) is 1.33. The molecule has 1 aromatic rings. The van der Waals surface area contributed by atoms with Gasteiger partial charge in [-0.3, -0.25) is 4.79 Å². The van der Waals surface area contributed by atoms with Gasteiger partial charge in [-0.25, -0.2) is 4.79 Å². The molecule has 0 saturated heterocycles. The van der Waals surface area contributed by atoms with E-state index in [4.69, 9.17) is 5.11 Å². The van der Waals surface area contributed by atoms with E-state index in [1.54, 1.807) is 0 Å². The van der Waals surface area contributed by atoms with Crippen LogP contribution in [0.5, 0.6) is 5.75 Å². The van der Waals surface area contributed by atoms with Crippen molar-refractivity contribution >= 4 is 11.9 Å². The summed E-state index contributed by atoms with van der Waals surface area (Å²) in [6, 6.07) is 3.98. The number of hydrogen-bond acceptors (Lipinski definition) is 3. The largest absolute Gasteiger partial charge is 0.484 e. The topological polar surface area (TPSA) is 66.8 Å². The molecule has 1 aromatic carbocycles. The Bertz CT molecular complexity index is 513. The van der Waals surface area contributed by atoms with E-state index in [0.717, 1.165) is 4.90 Å². The van der Waals surface area contributed by atoms with Crippen molar-refractivity contribution in [3.63, 3.8) is 0 Å². The van der Waals surface area contributed by atoms with Gasteiger partial charge in [0.1, 0.15) is 11.8 Å². The van der Waals surface area contributed by atoms with Crippen molar-refractivity contribution in [3.05, 3.63) is 29.8 Å². The molecule has 0 bridgehead atoms. The summed E-state index contributed by atoms with van der Waals surface area (Å²) < 4.78 is 40.4. The lowest BCUT2D eigenvalue weighted by molar-refractivity contribution is -0.153. The monoisotopic (exact) mass is 305 g/mol. The highest BCUT2D eigenvalue weighted by molar-refractivity contribution is 5.96. The maximum Gasteiger partial charge on any atom is 0.422 e. The number of carboxylic acid groups (broad SMARTS) is 1. The SMILES string of the molecule is CC(C(=O)O)N(C)C(=O)c1ccc(OCC(F)(F)F)cc1. The number of amides is 1. The van der Waals surface area contributed by atoms with Crippen molar-refractivity contribution in [2.45, 2.75) is 19.1 Å². The Hall–Kier alpha value is -2.25. The van der Waals surface area contributed by atoms with Gasteiger partial charge in [0.2, 0.25) is 0 Å². The lowest BCUT2D eigenvalue weighted by Gasteiger charge is -2.21. The summed E-state index contributed by atoms with van der Waals surface area (Å²) in [5, 5.41) is 8.82. The van der Waals surface area contributed by atoms with E-state index in [9.17, 15) is 22.8 Å². The summed E-state index contributed by atoms with van der Waals surface area (Å²) >= 11 is 0. The molecule has 116 valence electrons. The van der Waals surface area contributed by atoms with Crippen LogP contribution in [-0.4, -0.2) is 47.8 Å². The number of carbonyl (C=O) groups is 2. The molecule has 0 aliphatic carbocycles. The molecule has 0 aliphatic rings. The van der Waals surface area contributed by atoms with Crippen molar-refractivity contribution in [3.8, 4) is 5.75 Å². The van der Waals surface area contributed by atoms with Gasteiger partial charge in [-0.15, -0.1) is 0 Å². The maximum absolute atomic E-state index is 12.0. The number of carboxylic acids is 1. The Kier molecular flexibility index (Phi) is 5.17. The molecule has 0 radical (unpaired) electrons. The quantitative estimate of drug-likeness (QED) is 0.905. The maximum atomic E-state index is 12.0. The molecule has 0 spiro atoms. The second-order valence-electron chi connectivity index (χ2n) is 4.36. The molecule has 1 amide bonds. The zero-order chi connectivity index (χ0) is 16.2. The predicted molar refractivity (Wildman–Crippen MR) is 67.2 cm³/mol. The number of aliphatic carboxylic acids is 1. The Labute approximate surface area is 118 Å². The van der Waals surface area contributed by atoms with Gasteiger partial charge in [0.15, 0.2) is 6.61 Å². The number of carbonyl (C=O) groups excluding carboxylic acids is 1. The number of benzene rings is 1. The zero-order valence-corrected chi connectivity index (χ0v) is 11.3. The first kappa shape index (κ1) is 16.8. The molecule has 8 heteroatoms. The predicted octanol–water partition coefficient (Wildman–Crippen LogP) is 2.17. The van der Waals surface area contributed by atoms with Gasteiger partial charge in [-0.05, 0) is 31.2 Å². The van der Waals surface area contributed by atoms with Gasteiger partial charge < -0.3 is 14.7 Å². The first-order valence-corrected chi connectivity index (χ1v) is 5.91. The van der Waals surface area contributed by atoms with Gasteiger partial charge in [0.05, 0.1) is 0 Å². The number of likely N-dealkylation sites (N-methyl/N-ethyl adjacent to an activating group) is 1. The van der Waals surface area contributed by atoms with Gasteiger partial charge in [0, 0.05) is 12.6 Å². The molecule has 1 N–H and O–H groups in total. The van der Waals surface area contributed by atoms with Gasteiger partial charge in [-0.1, -0.05) is 0 Å². The van der Waals surface area contributed by atoms with E-state index >= 15 is 0 Å². The lowest BCUT2D eigenvalue weighted by atomic mass is 10.1. The normalized spacial score (nSPS) is 12.6. The van der Waals surface area contributed by atoms with E-state index in [1.165, 1.54) is 38.2 Å². The summed E-state index contributed by atoms with van der Waals surface area (Å²) in [6.45, 7) is -0.0721. The zero-order valence-electron chi connectivity index (χ0n) is 11.3. The number of nitrogens with zero attached hydrogens (tertiary/aromatic N) is 1. The first-order chi connectivity index (χ1) is 9.61. The standard InChI is InChI=1S/C13H14F3NO4/c1-8(12(19)20)17(2)11(18)9-3-5-10(6-4-9)21-7-13(14,15)16/h3-6,8H,7H2,1-2H3,(H,19,20). The number of alkyl halides is 3. The van der Waals surface area contributed by atoms with Crippen LogP contribution in [0.4, 0.5) is 13.2 Å². The highest BCUT2D eigenvalue weighted by Gasteiger charge is 2.28. The van der Waals surface area contributed by atoms with E-state index in [2.05, 4.69) is 4.74 Å². The minimum absolute atomic E-state index is 0.0298. The van der Waals surface area contributed by atoms with Crippen LogP contribution in [0.3, 0.4) is 0 Å². The summed E-state index contributed by atoms with van der Waals surface area (Å²) in [4.78, 5) is 23.8. The van der Waals surface area contributed by atoms with Crippen LogP contribution >= 0.6 is 0 Å². The fourth-order valence-corrected chi connectivity index (χ4v) is 1.40. The Morgan fingerprint density at radius 3 is 2.24 bits per heavy atom. The van der Waals surface area contributed by atoms with E-state index in [1.807, 2.05) is 0 Å². The minimum atomic E-state index is -4.44. The van der Waals surface area contributed by atoms with Crippen molar-refractivity contribution < 1.29 is 32.6 Å². The van der Waals surface area contributed by atoms with E-state index in [-0.39, 0.29) is 11.3 Å². The van der Waals surface area contributed by atoms with Crippen LogP contribution in [0.1, 0.15) is 17.3 Å². The number of rotatable bonds is 5. The van der Waals surface area contributed by atoms with Gasteiger partial charge >= 0.3 is 12.1 Å². The average Bonchev–Trinajstić information content (AvgIpc) is 2.42. The Morgan fingerprint density at radius 2 is 1.81 bits per heavy atom. The third kappa shape index (κ3) is 4.97. The summed E-state index contributed by atoms with van der Waals surface area (Å²) in [5.74, 6) is -1.74. The molecule has 5 nitrogen and oxygen atoms in total. The highest BCUT2D eigenvalue weighted by Crippen LogP contribution is 2.19. The van der Waals surface area contributed by atoms with Gasteiger partial charge in [0.25, 0.3) is 5.91 Å². The molecule has 1 atom stereocenters. The number of halogens is 3.